The summed E-state index contributed by atoms with van der Waals surface area (Å²) in [4.78, 5) is 12.4. The highest BCUT2D eigenvalue weighted by molar-refractivity contribution is 7.91. The average molecular weight is 289 g/mol. The molecule has 2 N–H and O–H groups in total. The van der Waals surface area contributed by atoms with Crippen LogP contribution in [0.4, 0.5) is 0 Å². The molecule has 1 aliphatic carbocycles. The third-order valence-corrected chi connectivity index (χ3v) is 6.76. The van der Waals surface area contributed by atoms with Gasteiger partial charge in [-0.15, -0.1) is 0 Å². The zero-order chi connectivity index (χ0) is 14.7. The van der Waals surface area contributed by atoms with Gasteiger partial charge in [-0.1, -0.05) is 6.92 Å². The SMILES string of the molecule is CC1CCC(CN)(C(=O)CCS(=O)(=O)C(C)C)CC1. The molecule has 0 heterocycles. The molecule has 0 radical (unpaired) electrons. The van der Waals surface area contributed by atoms with Crippen LogP contribution in [0.25, 0.3) is 0 Å². The molecule has 4 nitrogen and oxygen atoms in total. The van der Waals surface area contributed by atoms with Crippen molar-refractivity contribution in [3.8, 4) is 0 Å². The largest absolute Gasteiger partial charge is 0.329 e. The van der Waals surface area contributed by atoms with Crippen molar-refractivity contribution in [3.63, 3.8) is 0 Å². The highest BCUT2D eigenvalue weighted by atomic mass is 32.2. The van der Waals surface area contributed by atoms with E-state index in [-0.39, 0.29) is 18.0 Å². The normalized spacial score (nSPS) is 28.6. The summed E-state index contributed by atoms with van der Waals surface area (Å²) in [6, 6.07) is 0. The topological polar surface area (TPSA) is 77.2 Å². The van der Waals surface area contributed by atoms with Crippen LogP contribution in [-0.2, 0) is 14.6 Å². The number of sulfone groups is 1. The molecule has 0 unspecified atom stereocenters. The molecule has 1 saturated carbocycles. The Morgan fingerprint density at radius 1 is 1.32 bits per heavy atom. The van der Waals surface area contributed by atoms with Crippen LogP contribution in [0.15, 0.2) is 0 Å². The Balaban J connectivity index is 2.66. The van der Waals surface area contributed by atoms with Gasteiger partial charge in [-0.3, -0.25) is 4.79 Å². The standard InChI is InChI=1S/C14H27NO3S/c1-11(2)19(17,18)9-6-13(16)14(10-15)7-4-12(3)5-8-14/h11-12H,4-10,15H2,1-3H3. The maximum absolute atomic E-state index is 12.4. The summed E-state index contributed by atoms with van der Waals surface area (Å²) in [5, 5.41) is -0.416. The molecule has 1 fully saturated rings. The lowest BCUT2D eigenvalue weighted by atomic mass is 9.68. The average Bonchev–Trinajstić information content (AvgIpc) is 2.37. The fourth-order valence-electron chi connectivity index (χ4n) is 2.65. The quantitative estimate of drug-likeness (QED) is 0.810. The molecule has 0 bridgehead atoms. The molecule has 0 aromatic rings. The number of ketones is 1. The zero-order valence-corrected chi connectivity index (χ0v) is 13.1. The van der Waals surface area contributed by atoms with E-state index in [4.69, 9.17) is 5.73 Å². The smallest absolute Gasteiger partial charge is 0.153 e. The summed E-state index contributed by atoms with van der Waals surface area (Å²) in [6.45, 7) is 5.84. The Bertz CT molecular complexity index is 406. The van der Waals surface area contributed by atoms with Gasteiger partial charge in [0.05, 0.1) is 11.0 Å². The third-order valence-electron chi connectivity index (χ3n) is 4.55. The molecular weight excluding hydrogens is 262 g/mol. The molecule has 0 aromatic carbocycles. The first-order chi connectivity index (χ1) is 8.73. The van der Waals surface area contributed by atoms with E-state index >= 15 is 0 Å². The van der Waals surface area contributed by atoms with E-state index in [2.05, 4.69) is 6.92 Å². The van der Waals surface area contributed by atoms with E-state index in [0.717, 1.165) is 25.7 Å². The first-order valence-electron chi connectivity index (χ1n) is 7.18. The van der Waals surface area contributed by atoms with Crippen LogP contribution < -0.4 is 5.73 Å². The third kappa shape index (κ3) is 4.02. The summed E-state index contributed by atoms with van der Waals surface area (Å²) in [6.07, 6.45) is 3.77. The lowest BCUT2D eigenvalue weighted by Gasteiger charge is -2.37. The fraction of sp³-hybridized carbons (Fsp3) is 0.929. The van der Waals surface area contributed by atoms with Crippen molar-refractivity contribution in [1.29, 1.82) is 0 Å². The number of carbonyl (C=O) groups is 1. The van der Waals surface area contributed by atoms with Crippen molar-refractivity contribution in [2.75, 3.05) is 12.3 Å². The van der Waals surface area contributed by atoms with Gasteiger partial charge >= 0.3 is 0 Å². The van der Waals surface area contributed by atoms with Gasteiger partial charge in [-0.2, -0.15) is 0 Å². The predicted molar refractivity (Wildman–Crippen MR) is 77.7 cm³/mol. The molecule has 5 heteroatoms. The maximum Gasteiger partial charge on any atom is 0.153 e. The highest BCUT2D eigenvalue weighted by Crippen LogP contribution is 2.39. The van der Waals surface area contributed by atoms with E-state index in [9.17, 15) is 13.2 Å². The number of nitrogens with two attached hydrogens (primary N) is 1. The van der Waals surface area contributed by atoms with Crippen LogP contribution in [0.2, 0.25) is 0 Å². The van der Waals surface area contributed by atoms with Gasteiger partial charge in [0.25, 0.3) is 0 Å². The number of hydrogen-bond donors (Lipinski definition) is 1. The summed E-state index contributed by atoms with van der Waals surface area (Å²) < 4.78 is 23.6. The molecular formula is C14H27NO3S. The minimum absolute atomic E-state index is 0.0409. The monoisotopic (exact) mass is 289 g/mol. The van der Waals surface area contributed by atoms with E-state index in [1.54, 1.807) is 13.8 Å². The second-order valence-corrected chi connectivity index (χ2v) is 8.93. The van der Waals surface area contributed by atoms with Gasteiger partial charge in [0.15, 0.2) is 9.84 Å². The fourth-order valence-corrected chi connectivity index (χ4v) is 3.59. The van der Waals surface area contributed by atoms with Crippen molar-refractivity contribution < 1.29 is 13.2 Å². The van der Waals surface area contributed by atoms with Crippen molar-refractivity contribution in [3.05, 3.63) is 0 Å². The Kier molecular flexibility index (Phi) is 5.56. The molecule has 1 aliphatic rings. The first-order valence-corrected chi connectivity index (χ1v) is 8.90. The number of Topliss-reactive ketones (excluding diaryl/α,β-unsaturated/α-hetero) is 1. The molecule has 0 spiro atoms. The summed E-state index contributed by atoms with van der Waals surface area (Å²) in [5.41, 5.74) is 5.35. The zero-order valence-electron chi connectivity index (χ0n) is 12.3. The second kappa shape index (κ2) is 6.35. The summed E-state index contributed by atoms with van der Waals surface area (Å²) in [5.74, 6) is 0.652. The van der Waals surface area contributed by atoms with Crippen LogP contribution in [0, 0.1) is 11.3 Å². The van der Waals surface area contributed by atoms with E-state index in [0.29, 0.717) is 12.5 Å². The molecule has 0 atom stereocenters. The minimum atomic E-state index is -3.14. The maximum atomic E-state index is 12.4. The van der Waals surface area contributed by atoms with E-state index in [1.165, 1.54) is 0 Å². The van der Waals surface area contributed by atoms with Crippen molar-refractivity contribution in [1.82, 2.24) is 0 Å². The molecule has 0 aliphatic heterocycles. The molecule has 1 rings (SSSR count). The first kappa shape index (κ1) is 16.6. The summed E-state index contributed by atoms with van der Waals surface area (Å²) in [7, 11) is -3.14. The van der Waals surface area contributed by atoms with Gasteiger partial charge in [0.2, 0.25) is 0 Å². The van der Waals surface area contributed by atoms with Gasteiger partial charge in [-0.05, 0) is 45.4 Å². The lowest BCUT2D eigenvalue weighted by molar-refractivity contribution is -0.130. The Hall–Kier alpha value is -0.420. The van der Waals surface area contributed by atoms with E-state index in [1.807, 2.05) is 0 Å². The Morgan fingerprint density at radius 3 is 2.26 bits per heavy atom. The lowest BCUT2D eigenvalue weighted by Crippen LogP contribution is -2.42. The van der Waals surface area contributed by atoms with Crippen LogP contribution in [-0.4, -0.2) is 31.7 Å². The van der Waals surface area contributed by atoms with Crippen molar-refractivity contribution in [2.45, 2.75) is 58.1 Å². The molecule has 0 aromatic heterocycles. The van der Waals surface area contributed by atoms with Crippen LogP contribution in [0.3, 0.4) is 0 Å². The van der Waals surface area contributed by atoms with Crippen LogP contribution >= 0.6 is 0 Å². The molecule has 112 valence electrons. The number of carbonyl (C=O) groups excluding carboxylic acids is 1. The number of hydrogen-bond acceptors (Lipinski definition) is 4. The van der Waals surface area contributed by atoms with E-state index < -0.39 is 20.5 Å². The molecule has 0 amide bonds. The van der Waals surface area contributed by atoms with Crippen LogP contribution in [0.1, 0.15) is 52.9 Å². The second-order valence-electron chi connectivity index (χ2n) is 6.26. The van der Waals surface area contributed by atoms with Gasteiger partial charge < -0.3 is 5.73 Å². The Morgan fingerprint density at radius 2 is 1.84 bits per heavy atom. The highest BCUT2D eigenvalue weighted by Gasteiger charge is 2.39. The van der Waals surface area contributed by atoms with Gasteiger partial charge in [0, 0.05) is 18.4 Å². The molecule has 19 heavy (non-hydrogen) atoms. The Labute approximate surface area is 117 Å². The van der Waals surface area contributed by atoms with Crippen molar-refractivity contribution in [2.24, 2.45) is 17.1 Å². The number of rotatable bonds is 6. The minimum Gasteiger partial charge on any atom is -0.329 e. The van der Waals surface area contributed by atoms with Gasteiger partial charge in [0.1, 0.15) is 5.78 Å². The van der Waals surface area contributed by atoms with Crippen molar-refractivity contribution >= 4 is 15.6 Å². The van der Waals surface area contributed by atoms with Gasteiger partial charge in [-0.25, -0.2) is 8.42 Å². The molecule has 0 saturated heterocycles. The predicted octanol–water partition coefficient (Wildman–Crippen LogP) is 1.92. The summed E-state index contributed by atoms with van der Waals surface area (Å²) >= 11 is 0. The van der Waals surface area contributed by atoms with Crippen LogP contribution in [0.5, 0.6) is 0 Å².